The van der Waals surface area contributed by atoms with Gasteiger partial charge in [0.2, 0.25) is 5.91 Å². The molecule has 3 rings (SSSR count). The second-order valence-corrected chi connectivity index (χ2v) is 10.2. The standard InChI is InChI=1S/C31H40F2N2O4/c1-5-7-8-9-31(37)35-28(15-21-13-22(32)16-23(33)14-21)29(36)19-34-27-18-30(38-12-6-2)25-11-10-24(17-26(25)27)39-20(3)4/h5-6,10-11,13-14,16-17,20,27-30,34,36H,1-2,7-9,12,15,18-19H2,3-4H3,(H,35,37)/t27-,28-,29+,30+/m0/s1. The summed E-state index contributed by atoms with van der Waals surface area (Å²) in [6, 6.07) is 8.26. The second-order valence-electron chi connectivity index (χ2n) is 10.2. The summed E-state index contributed by atoms with van der Waals surface area (Å²) in [4.78, 5) is 12.6. The lowest BCUT2D eigenvalue weighted by atomic mass is 9.99. The highest BCUT2D eigenvalue weighted by molar-refractivity contribution is 5.76. The maximum absolute atomic E-state index is 13.8. The maximum Gasteiger partial charge on any atom is 0.220 e. The average Bonchev–Trinajstić information content (AvgIpc) is 3.21. The largest absolute Gasteiger partial charge is 0.491 e. The maximum atomic E-state index is 13.8. The van der Waals surface area contributed by atoms with Crippen molar-refractivity contribution in [2.75, 3.05) is 13.2 Å². The van der Waals surface area contributed by atoms with Gasteiger partial charge < -0.3 is 25.2 Å². The van der Waals surface area contributed by atoms with E-state index >= 15 is 0 Å². The van der Waals surface area contributed by atoms with E-state index in [4.69, 9.17) is 9.47 Å². The average molecular weight is 543 g/mol. The number of fused-ring (bicyclic) bond motifs is 1. The Morgan fingerprint density at radius 2 is 1.87 bits per heavy atom. The number of benzene rings is 2. The van der Waals surface area contributed by atoms with Gasteiger partial charge >= 0.3 is 0 Å². The van der Waals surface area contributed by atoms with Gasteiger partial charge in [0.05, 0.1) is 31.0 Å². The number of hydrogen-bond donors (Lipinski definition) is 3. The number of ether oxygens (including phenoxy) is 2. The van der Waals surface area contributed by atoms with Crippen molar-refractivity contribution in [2.45, 2.75) is 76.3 Å². The van der Waals surface area contributed by atoms with Gasteiger partial charge in [0.25, 0.3) is 0 Å². The van der Waals surface area contributed by atoms with Crippen LogP contribution in [0.1, 0.15) is 68.4 Å². The highest BCUT2D eigenvalue weighted by atomic mass is 19.1. The lowest BCUT2D eigenvalue weighted by Gasteiger charge is -2.26. The van der Waals surface area contributed by atoms with Crippen LogP contribution >= 0.6 is 0 Å². The Morgan fingerprint density at radius 3 is 2.54 bits per heavy atom. The lowest BCUT2D eigenvalue weighted by molar-refractivity contribution is -0.122. The number of rotatable bonds is 16. The Bertz CT molecular complexity index is 1100. The lowest BCUT2D eigenvalue weighted by Crippen LogP contribution is -2.49. The zero-order chi connectivity index (χ0) is 28.4. The summed E-state index contributed by atoms with van der Waals surface area (Å²) in [6.45, 7) is 11.9. The summed E-state index contributed by atoms with van der Waals surface area (Å²) in [5.74, 6) is -0.905. The molecule has 0 spiro atoms. The molecule has 1 aliphatic rings. The molecule has 0 radical (unpaired) electrons. The summed E-state index contributed by atoms with van der Waals surface area (Å²) >= 11 is 0. The number of allylic oxidation sites excluding steroid dienone is 1. The molecule has 39 heavy (non-hydrogen) atoms. The predicted molar refractivity (Wildman–Crippen MR) is 149 cm³/mol. The van der Waals surface area contributed by atoms with Gasteiger partial charge in [-0.25, -0.2) is 8.78 Å². The molecule has 212 valence electrons. The molecule has 2 aromatic rings. The Balaban J connectivity index is 1.75. The zero-order valence-corrected chi connectivity index (χ0v) is 22.8. The third kappa shape index (κ3) is 9.27. The van der Waals surface area contributed by atoms with Crippen LogP contribution in [0, 0.1) is 11.6 Å². The van der Waals surface area contributed by atoms with Crippen molar-refractivity contribution in [3.63, 3.8) is 0 Å². The number of unbranched alkanes of at least 4 members (excludes halogenated alkanes) is 1. The van der Waals surface area contributed by atoms with Gasteiger partial charge in [0.1, 0.15) is 17.4 Å². The van der Waals surface area contributed by atoms with Crippen LogP contribution in [0.2, 0.25) is 0 Å². The van der Waals surface area contributed by atoms with Gasteiger partial charge in [-0.05, 0) is 80.5 Å². The van der Waals surface area contributed by atoms with Crippen molar-refractivity contribution >= 4 is 5.91 Å². The summed E-state index contributed by atoms with van der Waals surface area (Å²) in [6.07, 6.45) is 4.60. The molecule has 0 fully saturated rings. The van der Waals surface area contributed by atoms with Crippen molar-refractivity contribution in [1.29, 1.82) is 0 Å². The van der Waals surface area contributed by atoms with Crippen LogP contribution in [0.25, 0.3) is 0 Å². The molecule has 0 saturated heterocycles. The van der Waals surface area contributed by atoms with Crippen LogP contribution in [0.4, 0.5) is 8.78 Å². The predicted octanol–water partition coefficient (Wildman–Crippen LogP) is 5.47. The van der Waals surface area contributed by atoms with E-state index in [2.05, 4.69) is 23.8 Å². The molecule has 4 atom stereocenters. The minimum absolute atomic E-state index is 0.0222. The van der Waals surface area contributed by atoms with Crippen LogP contribution in [-0.2, 0) is 16.0 Å². The third-order valence-corrected chi connectivity index (χ3v) is 6.59. The minimum atomic E-state index is -1.02. The summed E-state index contributed by atoms with van der Waals surface area (Å²) in [5.41, 5.74) is 2.41. The first-order valence-corrected chi connectivity index (χ1v) is 13.5. The van der Waals surface area contributed by atoms with Crippen molar-refractivity contribution < 1.29 is 28.2 Å². The third-order valence-electron chi connectivity index (χ3n) is 6.59. The highest BCUT2D eigenvalue weighted by Crippen LogP contribution is 2.42. The molecule has 8 heteroatoms. The monoisotopic (exact) mass is 542 g/mol. The summed E-state index contributed by atoms with van der Waals surface area (Å²) in [7, 11) is 0. The van der Waals surface area contributed by atoms with Crippen molar-refractivity contribution in [1.82, 2.24) is 10.6 Å². The normalized spacial score (nSPS) is 17.9. The number of amides is 1. The van der Waals surface area contributed by atoms with Crippen LogP contribution in [0.15, 0.2) is 61.7 Å². The van der Waals surface area contributed by atoms with E-state index in [1.165, 1.54) is 12.1 Å². The SMILES string of the molecule is C=CCCCC(=O)N[C@@H](Cc1cc(F)cc(F)c1)[C@H](O)CN[C@H]1C[C@@H](OCC=C)c2ccc(OC(C)C)cc21. The molecule has 0 aliphatic heterocycles. The topological polar surface area (TPSA) is 79.8 Å². The first-order valence-electron chi connectivity index (χ1n) is 13.5. The number of carbonyl (C=O) groups is 1. The summed E-state index contributed by atoms with van der Waals surface area (Å²) in [5, 5.41) is 17.4. The number of hydrogen-bond acceptors (Lipinski definition) is 5. The highest BCUT2D eigenvalue weighted by Gasteiger charge is 2.33. The zero-order valence-electron chi connectivity index (χ0n) is 22.8. The molecule has 0 aromatic heterocycles. The smallest absolute Gasteiger partial charge is 0.220 e. The quantitative estimate of drug-likeness (QED) is 0.194. The molecule has 0 unspecified atom stereocenters. The van der Waals surface area contributed by atoms with E-state index in [0.717, 1.165) is 22.9 Å². The van der Waals surface area contributed by atoms with Gasteiger partial charge in [0, 0.05) is 25.1 Å². The summed E-state index contributed by atoms with van der Waals surface area (Å²) < 4.78 is 39.6. The number of aliphatic hydroxyl groups excluding tert-OH is 1. The number of nitrogens with one attached hydrogen (secondary N) is 2. The van der Waals surface area contributed by atoms with Gasteiger partial charge in [-0.15, -0.1) is 13.2 Å². The van der Waals surface area contributed by atoms with E-state index in [-0.39, 0.29) is 43.5 Å². The van der Waals surface area contributed by atoms with Gasteiger partial charge in [0.15, 0.2) is 0 Å². The first kappa shape index (κ1) is 30.5. The molecular weight excluding hydrogens is 502 g/mol. The van der Waals surface area contributed by atoms with E-state index in [1.54, 1.807) is 12.2 Å². The molecule has 2 aromatic carbocycles. The molecule has 1 amide bonds. The van der Waals surface area contributed by atoms with Crippen molar-refractivity contribution in [2.24, 2.45) is 0 Å². The molecule has 1 aliphatic carbocycles. The molecule has 0 saturated carbocycles. The first-order chi connectivity index (χ1) is 18.7. The van der Waals surface area contributed by atoms with Crippen LogP contribution in [0.3, 0.4) is 0 Å². The van der Waals surface area contributed by atoms with Crippen LogP contribution in [0.5, 0.6) is 5.75 Å². The Hall–Kier alpha value is -3.07. The fourth-order valence-corrected chi connectivity index (χ4v) is 4.85. The van der Waals surface area contributed by atoms with E-state index in [0.29, 0.717) is 31.4 Å². The molecule has 0 bridgehead atoms. The molecule has 6 nitrogen and oxygen atoms in total. The molecule has 3 N–H and O–H groups in total. The van der Waals surface area contributed by atoms with Crippen LogP contribution < -0.4 is 15.4 Å². The van der Waals surface area contributed by atoms with Gasteiger partial charge in [-0.1, -0.05) is 18.2 Å². The Morgan fingerprint density at radius 1 is 1.13 bits per heavy atom. The van der Waals surface area contributed by atoms with Crippen LogP contribution in [-0.4, -0.2) is 42.4 Å². The van der Waals surface area contributed by atoms with Gasteiger partial charge in [-0.3, -0.25) is 4.79 Å². The van der Waals surface area contributed by atoms with E-state index < -0.39 is 23.8 Å². The minimum Gasteiger partial charge on any atom is -0.491 e. The number of carbonyl (C=O) groups excluding carboxylic acids is 1. The van der Waals surface area contributed by atoms with E-state index in [1.807, 2.05) is 32.0 Å². The fourth-order valence-electron chi connectivity index (χ4n) is 4.85. The Kier molecular flexibility index (Phi) is 11.7. The number of halogens is 2. The van der Waals surface area contributed by atoms with Gasteiger partial charge in [-0.2, -0.15) is 0 Å². The second kappa shape index (κ2) is 14.9. The van der Waals surface area contributed by atoms with Crippen molar-refractivity contribution in [3.8, 4) is 5.75 Å². The fraction of sp³-hybridized carbons (Fsp3) is 0.452. The molecule has 0 heterocycles. The van der Waals surface area contributed by atoms with E-state index in [9.17, 15) is 18.7 Å². The molecular formula is C31H40F2N2O4. The number of aliphatic hydroxyl groups is 1. The Labute approximate surface area is 230 Å². The van der Waals surface area contributed by atoms with Crippen molar-refractivity contribution in [3.05, 3.63) is 90.0 Å².